The Labute approximate surface area is 109 Å². The minimum Gasteiger partial charge on any atom is -0.382 e. The summed E-state index contributed by atoms with van der Waals surface area (Å²) in [6.07, 6.45) is 1.09. The van der Waals surface area contributed by atoms with E-state index >= 15 is 0 Å². The second-order valence-corrected chi connectivity index (χ2v) is 4.53. The number of nitrogens with zero attached hydrogens (tertiary/aromatic N) is 3. The highest BCUT2D eigenvalue weighted by atomic mass is 15.2. The minimum absolute atomic E-state index is 0.0150. The molecule has 0 aliphatic rings. The molecule has 0 atom stereocenters. The van der Waals surface area contributed by atoms with Gasteiger partial charge in [0.25, 0.3) is 0 Å². The molecular formula is C13H23N5. The topological polar surface area (TPSA) is 69.2 Å². The molecule has 3 N–H and O–H groups in total. The van der Waals surface area contributed by atoms with Crippen molar-refractivity contribution in [3.8, 4) is 0 Å². The molecule has 0 aliphatic heterocycles. The fraction of sp³-hybridized carbons (Fsp3) is 0.538. The van der Waals surface area contributed by atoms with Gasteiger partial charge >= 0.3 is 0 Å². The third-order valence-electron chi connectivity index (χ3n) is 2.75. The molecule has 0 spiro atoms. The first-order valence-corrected chi connectivity index (χ1v) is 6.25. The standard InChI is InChI=1S/C13H23N5/c1-4-18(10-6-9-17(2)3)12-8-5-7-11(16-12)13(14)15/h5,7-8H,4,6,9-10H2,1-3H3,(H3,14,15). The van der Waals surface area contributed by atoms with Gasteiger partial charge in [0, 0.05) is 13.1 Å². The van der Waals surface area contributed by atoms with Crippen molar-refractivity contribution in [2.45, 2.75) is 13.3 Å². The van der Waals surface area contributed by atoms with Gasteiger partial charge in [0.15, 0.2) is 0 Å². The average molecular weight is 249 g/mol. The lowest BCUT2D eigenvalue weighted by atomic mass is 10.3. The van der Waals surface area contributed by atoms with Crippen molar-refractivity contribution >= 4 is 11.7 Å². The predicted molar refractivity (Wildman–Crippen MR) is 76.3 cm³/mol. The van der Waals surface area contributed by atoms with Crippen LogP contribution in [0.5, 0.6) is 0 Å². The molecule has 0 saturated heterocycles. The van der Waals surface area contributed by atoms with Gasteiger partial charge in [0.1, 0.15) is 17.3 Å². The number of rotatable bonds is 7. The first kappa shape index (κ1) is 14.4. The lowest BCUT2D eigenvalue weighted by Crippen LogP contribution is -2.28. The number of nitrogens with one attached hydrogen (secondary N) is 1. The molecule has 1 heterocycles. The van der Waals surface area contributed by atoms with E-state index < -0.39 is 0 Å². The van der Waals surface area contributed by atoms with E-state index in [0.717, 1.165) is 31.9 Å². The second kappa shape index (κ2) is 6.96. The van der Waals surface area contributed by atoms with Gasteiger partial charge in [-0.15, -0.1) is 0 Å². The number of amidine groups is 1. The van der Waals surface area contributed by atoms with Gasteiger partial charge in [0.2, 0.25) is 0 Å². The lowest BCUT2D eigenvalue weighted by molar-refractivity contribution is 0.400. The van der Waals surface area contributed by atoms with Crippen molar-refractivity contribution < 1.29 is 0 Å². The summed E-state index contributed by atoms with van der Waals surface area (Å²) in [4.78, 5) is 8.78. The third kappa shape index (κ3) is 4.33. The smallest absolute Gasteiger partial charge is 0.141 e. The van der Waals surface area contributed by atoms with Gasteiger partial charge in [-0.3, -0.25) is 5.41 Å². The Morgan fingerprint density at radius 2 is 2.06 bits per heavy atom. The zero-order chi connectivity index (χ0) is 13.5. The SMILES string of the molecule is CCN(CCCN(C)C)c1cccc(C(=N)N)n1. The zero-order valence-electron chi connectivity index (χ0n) is 11.5. The van der Waals surface area contributed by atoms with E-state index in [1.165, 1.54) is 0 Å². The minimum atomic E-state index is 0.0150. The van der Waals surface area contributed by atoms with Crippen LogP contribution in [-0.4, -0.2) is 49.4 Å². The molecule has 0 aliphatic carbocycles. The Morgan fingerprint density at radius 1 is 1.33 bits per heavy atom. The lowest BCUT2D eigenvalue weighted by Gasteiger charge is -2.23. The van der Waals surface area contributed by atoms with Crippen molar-refractivity contribution in [3.63, 3.8) is 0 Å². The van der Waals surface area contributed by atoms with Crippen LogP contribution in [0.1, 0.15) is 19.0 Å². The third-order valence-corrected chi connectivity index (χ3v) is 2.75. The number of anilines is 1. The van der Waals surface area contributed by atoms with E-state index in [4.69, 9.17) is 11.1 Å². The highest BCUT2D eigenvalue weighted by Crippen LogP contribution is 2.11. The maximum Gasteiger partial charge on any atom is 0.141 e. The maximum atomic E-state index is 7.41. The van der Waals surface area contributed by atoms with E-state index in [1.807, 2.05) is 12.1 Å². The van der Waals surface area contributed by atoms with Crippen molar-refractivity contribution in [1.29, 1.82) is 5.41 Å². The van der Waals surface area contributed by atoms with Gasteiger partial charge in [-0.1, -0.05) is 6.07 Å². The van der Waals surface area contributed by atoms with Crippen LogP contribution in [0.15, 0.2) is 18.2 Å². The fourth-order valence-corrected chi connectivity index (χ4v) is 1.76. The monoisotopic (exact) mass is 249 g/mol. The summed E-state index contributed by atoms with van der Waals surface area (Å²) >= 11 is 0. The summed E-state index contributed by atoms with van der Waals surface area (Å²) in [5.41, 5.74) is 6.00. The van der Waals surface area contributed by atoms with E-state index in [0.29, 0.717) is 5.69 Å². The van der Waals surface area contributed by atoms with Gasteiger partial charge in [-0.25, -0.2) is 4.98 Å². The molecule has 1 aromatic heterocycles. The summed E-state index contributed by atoms with van der Waals surface area (Å²) in [5, 5.41) is 7.41. The molecule has 5 nitrogen and oxygen atoms in total. The van der Waals surface area contributed by atoms with Crippen LogP contribution >= 0.6 is 0 Å². The Kier molecular flexibility index (Phi) is 5.58. The predicted octanol–water partition coefficient (Wildman–Crippen LogP) is 1.14. The Morgan fingerprint density at radius 3 is 2.61 bits per heavy atom. The summed E-state index contributed by atoms with van der Waals surface area (Å²) in [6.45, 7) is 5.03. The van der Waals surface area contributed by atoms with Crippen LogP contribution in [0, 0.1) is 5.41 Å². The van der Waals surface area contributed by atoms with Crippen LogP contribution in [-0.2, 0) is 0 Å². The molecule has 0 saturated carbocycles. The number of hydrogen-bond acceptors (Lipinski definition) is 4. The van der Waals surface area contributed by atoms with E-state index in [1.54, 1.807) is 6.07 Å². The van der Waals surface area contributed by atoms with Crippen molar-refractivity contribution in [2.24, 2.45) is 5.73 Å². The molecule has 0 fully saturated rings. The number of pyridine rings is 1. The van der Waals surface area contributed by atoms with Gasteiger partial charge in [-0.2, -0.15) is 0 Å². The number of nitrogen functional groups attached to an aromatic ring is 1. The molecule has 5 heteroatoms. The Hall–Kier alpha value is -1.62. The Balaban J connectivity index is 2.69. The first-order valence-electron chi connectivity index (χ1n) is 6.25. The molecule has 1 rings (SSSR count). The molecule has 0 aromatic carbocycles. The summed E-state index contributed by atoms with van der Waals surface area (Å²) in [5.74, 6) is 0.908. The normalized spacial score (nSPS) is 10.7. The molecule has 0 radical (unpaired) electrons. The number of hydrogen-bond donors (Lipinski definition) is 2. The van der Waals surface area contributed by atoms with Gasteiger partial charge in [0.05, 0.1) is 0 Å². The van der Waals surface area contributed by atoms with E-state index in [9.17, 15) is 0 Å². The van der Waals surface area contributed by atoms with Crippen LogP contribution < -0.4 is 10.6 Å². The molecule has 100 valence electrons. The number of nitrogens with two attached hydrogens (primary N) is 1. The van der Waals surface area contributed by atoms with E-state index in [-0.39, 0.29) is 5.84 Å². The first-order chi connectivity index (χ1) is 8.54. The Bertz CT molecular complexity index is 389. The average Bonchev–Trinajstić information content (AvgIpc) is 2.34. The van der Waals surface area contributed by atoms with Crippen LogP contribution in [0.25, 0.3) is 0 Å². The van der Waals surface area contributed by atoms with Crippen molar-refractivity contribution in [3.05, 3.63) is 23.9 Å². The molecule has 0 amide bonds. The summed E-state index contributed by atoms with van der Waals surface area (Å²) < 4.78 is 0. The molecule has 1 aromatic rings. The second-order valence-electron chi connectivity index (χ2n) is 4.53. The van der Waals surface area contributed by atoms with Crippen LogP contribution in [0.2, 0.25) is 0 Å². The highest BCUT2D eigenvalue weighted by Gasteiger charge is 2.07. The molecule has 0 bridgehead atoms. The molecular weight excluding hydrogens is 226 g/mol. The van der Waals surface area contributed by atoms with Gasteiger partial charge < -0.3 is 15.5 Å². The molecule has 0 unspecified atom stereocenters. The summed E-state index contributed by atoms with van der Waals surface area (Å²) in [6, 6.07) is 5.62. The van der Waals surface area contributed by atoms with Crippen molar-refractivity contribution in [1.82, 2.24) is 9.88 Å². The van der Waals surface area contributed by atoms with Crippen LogP contribution in [0.3, 0.4) is 0 Å². The quantitative estimate of drug-likeness (QED) is 0.562. The highest BCUT2D eigenvalue weighted by molar-refractivity contribution is 5.93. The summed E-state index contributed by atoms with van der Waals surface area (Å²) in [7, 11) is 4.15. The zero-order valence-corrected chi connectivity index (χ0v) is 11.5. The van der Waals surface area contributed by atoms with E-state index in [2.05, 4.69) is 35.8 Å². The largest absolute Gasteiger partial charge is 0.382 e. The number of aromatic nitrogens is 1. The van der Waals surface area contributed by atoms with Crippen molar-refractivity contribution in [2.75, 3.05) is 38.6 Å². The maximum absolute atomic E-state index is 7.41. The molecule has 18 heavy (non-hydrogen) atoms. The van der Waals surface area contributed by atoms with Gasteiger partial charge in [-0.05, 0) is 46.1 Å². The van der Waals surface area contributed by atoms with Crippen LogP contribution in [0.4, 0.5) is 5.82 Å². The fourth-order valence-electron chi connectivity index (χ4n) is 1.76.